The van der Waals surface area contributed by atoms with Gasteiger partial charge in [-0.25, -0.2) is 19.4 Å². The summed E-state index contributed by atoms with van der Waals surface area (Å²) in [6.07, 6.45) is 4.68. The maximum Gasteiger partial charge on any atom is 0.418 e. The highest BCUT2D eigenvalue weighted by molar-refractivity contribution is 6.09. The Morgan fingerprint density at radius 1 is 1.13 bits per heavy atom. The number of hydrogen-bond acceptors (Lipinski definition) is 6. The average molecular weight is 427 g/mol. The Morgan fingerprint density at radius 3 is 2.32 bits per heavy atom. The van der Waals surface area contributed by atoms with Gasteiger partial charge in [-0.3, -0.25) is 9.36 Å². The highest BCUT2D eigenvalue weighted by atomic mass is 16.5. The summed E-state index contributed by atoms with van der Waals surface area (Å²) < 4.78 is 6.13. The second-order valence-electron chi connectivity index (χ2n) is 6.31. The number of benzene rings is 1. The van der Waals surface area contributed by atoms with E-state index in [1.165, 1.54) is 11.7 Å². The van der Waals surface area contributed by atoms with E-state index in [0.717, 1.165) is 16.8 Å². The molecule has 0 amide bonds. The monoisotopic (exact) mass is 427 g/mol. The van der Waals surface area contributed by atoms with Crippen molar-refractivity contribution in [3.63, 3.8) is 0 Å². The van der Waals surface area contributed by atoms with Gasteiger partial charge in [0.15, 0.2) is 5.78 Å². The van der Waals surface area contributed by atoms with Gasteiger partial charge in [0.05, 0.1) is 24.6 Å². The number of fused-ring (bicyclic) bond motifs is 1. The number of carboxylic acid groups (broad SMARTS) is 2. The van der Waals surface area contributed by atoms with Gasteiger partial charge in [0.1, 0.15) is 0 Å². The van der Waals surface area contributed by atoms with Crippen molar-refractivity contribution in [2.24, 2.45) is 0 Å². The van der Waals surface area contributed by atoms with Gasteiger partial charge in [0, 0.05) is 41.4 Å². The number of nitrogens with zero attached hydrogens (tertiary/aromatic N) is 2. The molecule has 3 aromatic rings. The molecule has 0 aliphatic carbocycles. The molecule has 0 atom stereocenters. The molecule has 31 heavy (non-hydrogen) atoms. The van der Waals surface area contributed by atoms with Crippen molar-refractivity contribution in [3.05, 3.63) is 65.9 Å². The molecule has 0 spiro atoms. The van der Waals surface area contributed by atoms with E-state index in [0.29, 0.717) is 36.1 Å². The van der Waals surface area contributed by atoms with Gasteiger partial charge in [0.2, 0.25) is 0 Å². The number of methoxy groups -OCH3 is 1. The van der Waals surface area contributed by atoms with Crippen LogP contribution in [0.3, 0.4) is 0 Å². The second-order valence-corrected chi connectivity index (χ2v) is 6.31. The number of aromatic nitrogens is 3. The fourth-order valence-corrected chi connectivity index (χ4v) is 2.80. The van der Waals surface area contributed by atoms with E-state index in [-0.39, 0.29) is 5.78 Å². The number of H-pyrrole nitrogens is 1. The van der Waals surface area contributed by atoms with E-state index < -0.39 is 18.0 Å². The number of nitrogens with one attached hydrogen (secondary N) is 1. The van der Waals surface area contributed by atoms with Crippen molar-refractivity contribution in [1.82, 2.24) is 14.5 Å². The SMILES string of the molecule is COC(=O)n1cc(C(=O)CCc2nc[nH]c2C)c2ccccc21.O=C(O)C=CC(=O)O. The van der Waals surface area contributed by atoms with E-state index in [1.807, 2.05) is 25.1 Å². The summed E-state index contributed by atoms with van der Waals surface area (Å²) in [7, 11) is 1.32. The van der Waals surface area contributed by atoms with E-state index in [4.69, 9.17) is 14.9 Å². The molecule has 1 aromatic carbocycles. The van der Waals surface area contributed by atoms with Crippen molar-refractivity contribution in [2.75, 3.05) is 7.11 Å². The largest absolute Gasteiger partial charge is 0.478 e. The number of ether oxygens (including phenoxy) is 1. The maximum atomic E-state index is 12.6. The minimum absolute atomic E-state index is 0.0220. The van der Waals surface area contributed by atoms with Gasteiger partial charge >= 0.3 is 18.0 Å². The molecule has 162 valence electrons. The zero-order valence-corrected chi connectivity index (χ0v) is 16.9. The number of aliphatic carboxylic acids is 2. The minimum Gasteiger partial charge on any atom is -0.478 e. The molecule has 0 aliphatic rings. The molecule has 0 saturated heterocycles. The lowest BCUT2D eigenvalue weighted by atomic mass is 10.0. The van der Waals surface area contributed by atoms with Gasteiger partial charge < -0.3 is 19.9 Å². The Balaban J connectivity index is 0.000000366. The molecule has 2 aromatic heterocycles. The molecule has 10 heteroatoms. The number of hydrogen-bond donors (Lipinski definition) is 3. The van der Waals surface area contributed by atoms with Crippen molar-refractivity contribution in [1.29, 1.82) is 0 Å². The molecule has 2 heterocycles. The number of aromatic amines is 1. The van der Waals surface area contributed by atoms with Gasteiger partial charge in [-0.15, -0.1) is 0 Å². The molecule has 3 rings (SSSR count). The lowest BCUT2D eigenvalue weighted by Crippen LogP contribution is -2.10. The maximum absolute atomic E-state index is 12.6. The number of carboxylic acids is 2. The standard InChI is InChI=1S/C17H17N3O3.C4H4O4/c1-11-14(19-10-18-11)7-8-16(21)13-9-20(17(22)23-2)15-6-4-3-5-12(13)15;5-3(6)1-2-4(7)8/h3-6,9-10H,7-8H2,1-2H3,(H,18,19);1-2H,(H,5,6)(H,7,8). The van der Waals surface area contributed by atoms with E-state index in [1.54, 1.807) is 18.6 Å². The smallest absolute Gasteiger partial charge is 0.418 e. The molecule has 0 aliphatic heterocycles. The topological polar surface area (TPSA) is 152 Å². The number of aryl methyl sites for hydroxylation is 2. The summed E-state index contributed by atoms with van der Waals surface area (Å²) in [5, 5.41) is 16.4. The summed E-state index contributed by atoms with van der Waals surface area (Å²) in [6.45, 7) is 1.93. The number of imidazole rings is 1. The van der Waals surface area contributed by atoms with Gasteiger partial charge in [-0.05, 0) is 19.4 Å². The van der Waals surface area contributed by atoms with Gasteiger partial charge in [-0.1, -0.05) is 18.2 Å². The number of para-hydroxylation sites is 1. The zero-order valence-electron chi connectivity index (χ0n) is 16.9. The summed E-state index contributed by atoms with van der Waals surface area (Å²) in [6, 6.07) is 7.30. The van der Waals surface area contributed by atoms with E-state index in [9.17, 15) is 19.2 Å². The van der Waals surface area contributed by atoms with Crippen LogP contribution in [0.1, 0.15) is 28.2 Å². The van der Waals surface area contributed by atoms with Crippen molar-refractivity contribution >= 4 is 34.7 Å². The lowest BCUT2D eigenvalue weighted by molar-refractivity contribution is -0.134. The average Bonchev–Trinajstić information content (AvgIpc) is 3.34. The number of rotatable bonds is 6. The van der Waals surface area contributed by atoms with Crippen LogP contribution >= 0.6 is 0 Å². The highest BCUT2D eigenvalue weighted by Crippen LogP contribution is 2.23. The predicted octanol–water partition coefficient (Wildman–Crippen LogP) is 2.81. The molecular formula is C21H21N3O7. The van der Waals surface area contributed by atoms with Crippen molar-refractivity contribution in [2.45, 2.75) is 19.8 Å². The molecule has 0 fully saturated rings. The molecule has 0 unspecified atom stereocenters. The first-order valence-corrected chi connectivity index (χ1v) is 9.09. The first-order valence-electron chi connectivity index (χ1n) is 9.09. The first kappa shape index (κ1) is 23.1. The number of ketones is 1. The highest BCUT2D eigenvalue weighted by Gasteiger charge is 2.18. The molecular weight excluding hydrogens is 406 g/mol. The molecule has 0 radical (unpaired) electrons. The summed E-state index contributed by atoms with van der Waals surface area (Å²) in [5.74, 6) is -2.54. The number of carbonyl (C=O) groups is 4. The molecule has 10 nitrogen and oxygen atoms in total. The van der Waals surface area contributed by atoms with Crippen LogP contribution in [0.5, 0.6) is 0 Å². The second kappa shape index (κ2) is 10.5. The normalized spacial score (nSPS) is 10.5. The van der Waals surface area contributed by atoms with Gasteiger partial charge in [0.25, 0.3) is 0 Å². The van der Waals surface area contributed by atoms with Crippen molar-refractivity contribution < 1.29 is 34.1 Å². The Bertz CT molecular complexity index is 1130. The van der Waals surface area contributed by atoms with Gasteiger partial charge in [-0.2, -0.15) is 0 Å². The lowest BCUT2D eigenvalue weighted by Gasteiger charge is -2.00. The van der Waals surface area contributed by atoms with E-state index >= 15 is 0 Å². The Hall–Kier alpha value is -4.21. The quantitative estimate of drug-likeness (QED) is 0.401. The zero-order chi connectivity index (χ0) is 23.0. The minimum atomic E-state index is -1.26. The van der Waals surface area contributed by atoms with E-state index in [2.05, 4.69) is 9.97 Å². The van der Waals surface area contributed by atoms with Crippen molar-refractivity contribution in [3.8, 4) is 0 Å². The first-order chi connectivity index (χ1) is 14.7. The summed E-state index contributed by atoms with van der Waals surface area (Å²) >= 11 is 0. The fraction of sp³-hybridized carbons (Fsp3) is 0.190. The van der Waals surface area contributed by atoms with Crippen LogP contribution in [-0.4, -0.2) is 55.7 Å². The Labute approximate surface area is 176 Å². The molecule has 3 N–H and O–H groups in total. The Morgan fingerprint density at radius 2 is 1.77 bits per heavy atom. The molecule has 0 saturated carbocycles. The van der Waals surface area contributed by atoms with Crippen LogP contribution in [0.4, 0.5) is 4.79 Å². The molecule has 0 bridgehead atoms. The van der Waals surface area contributed by atoms with Crippen LogP contribution in [0.2, 0.25) is 0 Å². The summed E-state index contributed by atoms with van der Waals surface area (Å²) in [4.78, 5) is 50.8. The number of Topliss-reactive ketones (excluding diaryl/α,β-unsaturated/α-hetero) is 1. The van der Waals surface area contributed by atoms with Crippen LogP contribution < -0.4 is 0 Å². The van der Waals surface area contributed by atoms with Crippen LogP contribution in [0.25, 0.3) is 10.9 Å². The number of carbonyl (C=O) groups excluding carboxylic acids is 2. The Kier molecular flexibility index (Phi) is 7.84. The fourth-order valence-electron chi connectivity index (χ4n) is 2.80. The van der Waals surface area contributed by atoms with Crippen LogP contribution in [0.15, 0.2) is 48.9 Å². The third-order valence-corrected chi connectivity index (χ3v) is 4.28. The third-order valence-electron chi connectivity index (χ3n) is 4.28. The van der Waals surface area contributed by atoms with Crippen LogP contribution in [0, 0.1) is 6.92 Å². The third kappa shape index (κ3) is 6.13. The van der Waals surface area contributed by atoms with Crippen LogP contribution in [-0.2, 0) is 20.7 Å². The predicted molar refractivity (Wildman–Crippen MR) is 110 cm³/mol. The summed E-state index contributed by atoms with van der Waals surface area (Å²) in [5.41, 5.74) is 3.04.